The second kappa shape index (κ2) is 10.2. The Balaban J connectivity index is 0.00000261. The molecule has 2 N–H and O–H groups in total. The molecule has 2 heterocycles. The number of hydrogen-bond acceptors (Lipinski definition) is 4. The summed E-state index contributed by atoms with van der Waals surface area (Å²) in [5, 5.41) is 6.70. The van der Waals surface area contributed by atoms with Gasteiger partial charge in [-0.3, -0.25) is 4.79 Å². The molecule has 6 heteroatoms. The molecule has 152 valence electrons. The summed E-state index contributed by atoms with van der Waals surface area (Å²) < 4.78 is 11.3. The topological polar surface area (TPSA) is 59.6 Å². The molecule has 3 atom stereocenters. The van der Waals surface area contributed by atoms with E-state index >= 15 is 0 Å². The Morgan fingerprint density at radius 2 is 1.96 bits per heavy atom. The number of carbonyl (C=O) groups excluding carboxylic acids is 1. The summed E-state index contributed by atoms with van der Waals surface area (Å²) in [6.45, 7) is 9.77. The summed E-state index contributed by atoms with van der Waals surface area (Å²) in [5.74, 6) is 2.99. The highest BCUT2D eigenvalue weighted by Crippen LogP contribution is 2.34. The monoisotopic (exact) mass is 396 g/mol. The molecule has 1 aromatic carbocycles. The van der Waals surface area contributed by atoms with E-state index < -0.39 is 0 Å². The molecule has 3 unspecified atom stereocenters. The van der Waals surface area contributed by atoms with Crippen LogP contribution in [0.4, 0.5) is 0 Å². The first kappa shape index (κ1) is 21.8. The zero-order valence-corrected chi connectivity index (χ0v) is 17.4. The van der Waals surface area contributed by atoms with E-state index in [0.717, 1.165) is 30.2 Å². The minimum Gasteiger partial charge on any atom is -0.486 e. The fourth-order valence-electron chi connectivity index (χ4n) is 3.94. The Bertz CT molecular complexity index is 617. The van der Waals surface area contributed by atoms with E-state index in [1.165, 1.54) is 12.8 Å². The average Bonchev–Trinajstić information content (AvgIpc) is 2.66. The van der Waals surface area contributed by atoms with Gasteiger partial charge in [-0.15, -0.1) is 12.4 Å². The lowest BCUT2D eigenvalue weighted by Crippen LogP contribution is -2.37. The number of nitrogens with one attached hydrogen (secondary N) is 2. The highest BCUT2D eigenvalue weighted by atomic mass is 35.5. The number of benzene rings is 1. The van der Waals surface area contributed by atoms with Gasteiger partial charge in [0, 0.05) is 6.42 Å². The van der Waals surface area contributed by atoms with Crippen LogP contribution in [0.1, 0.15) is 51.6 Å². The molecular formula is C21H33ClN2O3. The second-order valence-corrected chi connectivity index (χ2v) is 7.98. The van der Waals surface area contributed by atoms with Gasteiger partial charge in [0.05, 0.1) is 6.04 Å². The fourth-order valence-corrected chi connectivity index (χ4v) is 3.94. The lowest BCUT2D eigenvalue weighted by molar-refractivity contribution is -0.123. The van der Waals surface area contributed by atoms with Gasteiger partial charge < -0.3 is 20.1 Å². The van der Waals surface area contributed by atoms with Gasteiger partial charge in [-0.2, -0.15) is 0 Å². The maximum Gasteiger partial charge on any atom is 0.220 e. The molecule has 0 saturated carbocycles. The summed E-state index contributed by atoms with van der Waals surface area (Å²) in [6.07, 6.45) is 3.01. The summed E-state index contributed by atoms with van der Waals surface area (Å²) in [7, 11) is 0. The maximum atomic E-state index is 12.7. The van der Waals surface area contributed by atoms with Crippen LogP contribution in [0.5, 0.6) is 11.5 Å². The number of rotatable bonds is 6. The molecule has 1 saturated heterocycles. The van der Waals surface area contributed by atoms with Crippen molar-refractivity contribution in [1.82, 2.24) is 10.6 Å². The Hall–Kier alpha value is -1.46. The molecule has 0 aromatic heterocycles. The lowest BCUT2D eigenvalue weighted by Gasteiger charge is -2.29. The summed E-state index contributed by atoms with van der Waals surface area (Å²) in [6, 6.07) is 5.97. The van der Waals surface area contributed by atoms with Crippen LogP contribution in [-0.4, -0.2) is 32.2 Å². The number of piperidine rings is 1. The second-order valence-electron chi connectivity index (χ2n) is 7.98. The van der Waals surface area contributed by atoms with E-state index in [9.17, 15) is 4.79 Å². The maximum absolute atomic E-state index is 12.7. The Morgan fingerprint density at radius 1 is 1.22 bits per heavy atom. The molecule has 0 bridgehead atoms. The zero-order chi connectivity index (χ0) is 18.5. The third kappa shape index (κ3) is 5.76. The molecule has 0 radical (unpaired) electrons. The van der Waals surface area contributed by atoms with Crippen molar-refractivity contribution in [2.24, 2.45) is 17.8 Å². The number of ether oxygens (including phenoxy) is 2. The average molecular weight is 397 g/mol. The van der Waals surface area contributed by atoms with Gasteiger partial charge in [-0.1, -0.05) is 26.8 Å². The molecule has 27 heavy (non-hydrogen) atoms. The van der Waals surface area contributed by atoms with Crippen molar-refractivity contribution in [3.05, 3.63) is 23.8 Å². The predicted octanol–water partition coefficient (Wildman–Crippen LogP) is 3.72. The van der Waals surface area contributed by atoms with E-state index in [1.54, 1.807) is 0 Å². The van der Waals surface area contributed by atoms with Crippen molar-refractivity contribution < 1.29 is 14.3 Å². The van der Waals surface area contributed by atoms with Crippen LogP contribution in [-0.2, 0) is 4.79 Å². The Morgan fingerprint density at radius 3 is 2.63 bits per heavy atom. The van der Waals surface area contributed by atoms with E-state index in [4.69, 9.17) is 9.47 Å². The molecule has 0 aliphatic carbocycles. The smallest absolute Gasteiger partial charge is 0.220 e. The highest BCUT2D eigenvalue weighted by Gasteiger charge is 2.25. The number of halogens is 1. The predicted molar refractivity (Wildman–Crippen MR) is 110 cm³/mol. The zero-order valence-electron chi connectivity index (χ0n) is 16.6. The largest absolute Gasteiger partial charge is 0.486 e. The van der Waals surface area contributed by atoms with Crippen molar-refractivity contribution in [2.45, 2.75) is 46.1 Å². The molecule has 5 nitrogen and oxygen atoms in total. The van der Waals surface area contributed by atoms with Gasteiger partial charge in [0.15, 0.2) is 11.5 Å². The van der Waals surface area contributed by atoms with Crippen LogP contribution < -0.4 is 20.1 Å². The van der Waals surface area contributed by atoms with Gasteiger partial charge in [-0.25, -0.2) is 0 Å². The first-order valence-corrected chi connectivity index (χ1v) is 9.94. The lowest BCUT2D eigenvalue weighted by atomic mass is 9.85. The van der Waals surface area contributed by atoms with Crippen molar-refractivity contribution in [2.75, 3.05) is 26.3 Å². The van der Waals surface area contributed by atoms with Gasteiger partial charge >= 0.3 is 0 Å². The molecule has 1 fully saturated rings. The van der Waals surface area contributed by atoms with E-state index in [-0.39, 0.29) is 24.4 Å². The molecule has 2 aliphatic rings. The highest BCUT2D eigenvalue weighted by molar-refractivity contribution is 5.85. The van der Waals surface area contributed by atoms with E-state index in [1.807, 2.05) is 18.2 Å². The number of amides is 1. The van der Waals surface area contributed by atoms with Crippen LogP contribution in [0.15, 0.2) is 18.2 Å². The third-order valence-electron chi connectivity index (χ3n) is 5.56. The minimum atomic E-state index is -0.0185. The van der Waals surface area contributed by atoms with Crippen molar-refractivity contribution in [1.29, 1.82) is 0 Å². The molecule has 3 rings (SSSR count). The number of hydrogen-bond donors (Lipinski definition) is 2. The first-order chi connectivity index (χ1) is 12.5. The molecular weight excluding hydrogens is 364 g/mol. The van der Waals surface area contributed by atoms with E-state index in [0.29, 0.717) is 37.4 Å². The molecule has 2 aliphatic heterocycles. The van der Waals surface area contributed by atoms with Gasteiger partial charge in [0.1, 0.15) is 13.2 Å². The Kier molecular flexibility index (Phi) is 8.24. The minimum absolute atomic E-state index is 0. The van der Waals surface area contributed by atoms with Crippen molar-refractivity contribution in [3.63, 3.8) is 0 Å². The number of carbonyl (C=O) groups is 1. The van der Waals surface area contributed by atoms with Crippen LogP contribution in [0.2, 0.25) is 0 Å². The first-order valence-electron chi connectivity index (χ1n) is 9.94. The summed E-state index contributed by atoms with van der Waals surface area (Å²) >= 11 is 0. The Labute approximate surface area is 169 Å². The normalized spacial score (nSPS) is 21.1. The van der Waals surface area contributed by atoms with Gasteiger partial charge in [0.25, 0.3) is 0 Å². The third-order valence-corrected chi connectivity index (χ3v) is 5.56. The summed E-state index contributed by atoms with van der Waals surface area (Å²) in [4.78, 5) is 12.7. The van der Waals surface area contributed by atoms with Crippen LogP contribution in [0, 0.1) is 17.8 Å². The van der Waals surface area contributed by atoms with Gasteiger partial charge in [0.2, 0.25) is 5.91 Å². The van der Waals surface area contributed by atoms with Crippen LogP contribution in [0.25, 0.3) is 0 Å². The molecule has 0 spiro atoms. The fraction of sp³-hybridized carbons (Fsp3) is 0.667. The summed E-state index contributed by atoms with van der Waals surface area (Å²) in [5.41, 5.74) is 1.07. The van der Waals surface area contributed by atoms with E-state index in [2.05, 4.69) is 31.4 Å². The molecule has 1 aromatic rings. The quantitative estimate of drug-likeness (QED) is 0.769. The number of fused-ring (bicyclic) bond motifs is 1. The van der Waals surface area contributed by atoms with Crippen molar-refractivity contribution in [3.8, 4) is 11.5 Å². The van der Waals surface area contributed by atoms with Crippen LogP contribution >= 0.6 is 12.4 Å². The standard InChI is InChI=1S/C21H32N2O3.ClH/c1-14(2)21(16-6-7-18-19(12-16)26-10-9-25-18)23-20(24)11-15(3)17-5-4-8-22-13-17;/h6-7,12,14-15,17,21-22H,4-5,8-11,13H2,1-3H3,(H,23,24);1H. The van der Waals surface area contributed by atoms with Gasteiger partial charge in [-0.05, 0) is 61.4 Å². The van der Waals surface area contributed by atoms with Crippen molar-refractivity contribution >= 4 is 18.3 Å². The van der Waals surface area contributed by atoms with Crippen LogP contribution in [0.3, 0.4) is 0 Å². The SMILES string of the molecule is CC(C)C(NC(=O)CC(C)C1CCCNC1)c1ccc2c(c1)OCCO2.Cl. The molecule has 1 amide bonds.